The van der Waals surface area contributed by atoms with Crippen LogP contribution >= 0.6 is 0 Å². The van der Waals surface area contributed by atoms with Crippen LogP contribution in [0.15, 0.2) is 0 Å². The topological polar surface area (TPSA) is 78.9 Å². The molecule has 1 rings (SSSR count). The van der Waals surface area contributed by atoms with E-state index >= 15 is 0 Å². The molecule has 1 fully saturated rings. The maximum atomic E-state index is 11.9. The lowest BCUT2D eigenvalue weighted by Gasteiger charge is -2.35. The second-order valence-electron chi connectivity index (χ2n) is 7.05. The summed E-state index contributed by atoms with van der Waals surface area (Å²) in [5, 5.41) is 0. The third kappa shape index (κ3) is 6.13. The lowest BCUT2D eigenvalue weighted by molar-refractivity contribution is -0.176. The van der Waals surface area contributed by atoms with Crippen molar-refractivity contribution in [2.24, 2.45) is 5.41 Å². The lowest BCUT2D eigenvalue weighted by Crippen LogP contribution is -2.38. The molecule has 0 heterocycles. The van der Waals surface area contributed by atoms with Gasteiger partial charge in [-0.25, -0.2) is 9.59 Å². The van der Waals surface area contributed by atoms with Gasteiger partial charge in [-0.15, -0.1) is 0 Å². The molecule has 1 aliphatic carbocycles. The molecule has 0 aliphatic heterocycles. The van der Waals surface area contributed by atoms with Gasteiger partial charge in [0, 0.05) is 0 Å². The third-order valence-corrected chi connectivity index (χ3v) is 4.85. The van der Waals surface area contributed by atoms with Crippen LogP contribution in [-0.4, -0.2) is 36.7 Å². The Balaban J connectivity index is 2.33. The summed E-state index contributed by atoms with van der Waals surface area (Å²) in [7, 11) is 0. The first-order valence-corrected chi connectivity index (χ1v) is 8.79. The molecule has 0 saturated heterocycles. The van der Waals surface area contributed by atoms with Crippen LogP contribution < -0.4 is 0 Å². The number of carbonyl (C=O) groups is 3. The molecule has 0 radical (unpaired) electrons. The van der Waals surface area contributed by atoms with Gasteiger partial charge in [-0.3, -0.25) is 4.79 Å². The Hall–Kier alpha value is -1.59. The number of rotatable bonds is 8. The van der Waals surface area contributed by atoms with Gasteiger partial charge >= 0.3 is 17.9 Å². The predicted octanol–water partition coefficient (Wildman–Crippen LogP) is 3.17. The zero-order chi connectivity index (χ0) is 18.2. The van der Waals surface area contributed by atoms with Gasteiger partial charge in [0.25, 0.3) is 0 Å². The average Bonchev–Trinajstić information content (AvgIpc) is 2.58. The smallest absolute Gasteiger partial charge is 0.344 e. The summed E-state index contributed by atoms with van der Waals surface area (Å²) in [6, 6.07) is 0. The monoisotopic (exact) mass is 342 g/mol. The van der Waals surface area contributed by atoms with Gasteiger partial charge in [-0.1, -0.05) is 20.3 Å². The number of carbonyl (C=O) groups excluding carboxylic acids is 3. The van der Waals surface area contributed by atoms with Crippen molar-refractivity contribution in [3.05, 3.63) is 0 Å². The Morgan fingerprint density at radius 2 is 1.50 bits per heavy atom. The molecule has 0 aromatic heterocycles. The van der Waals surface area contributed by atoms with E-state index in [0.717, 1.165) is 38.5 Å². The van der Waals surface area contributed by atoms with Crippen molar-refractivity contribution in [3.63, 3.8) is 0 Å². The summed E-state index contributed by atoms with van der Waals surface area (Å²) in [6.07, 6.45) is 6.32. The Morgan fingerprint density at radius 3 is 2.04 bits per heavy atom. The molecule has 0 aromatic rings. The minimum atomic E-state index is -0.749. The van der Waals surface area contributed by atoms with Gasteiger partial charge < -0.3 is 14.2 Å². The molecule has 1 saturated carbocycles. The standard InChI is InChI=1S/C18H30O6/c1-5-17(3,4)16(21)23-12-14(19)22-13-15(20)24-18(6-2)10-8-7-9-11-18/h5-13H2,1-4H3. The molecule has 1 aliphatic rings. The number of hydrogen-bond donors (Lipinski definition) is 0. The van der Waals surface area contributed by atoms with Crippen LogP contribution in [-0.2, 0) is 28.6 Å². The first kappa shape index (κ1) is 20.5. The van der Waals surface area contributed by atoms with Gasteiger partial charge in [0.15, 0.2) is 13.2 Å². The zero-order valence-corrected chi connectivity index (χ0v) is 15.3. The Morgan fingerprint density at radius 1 is 0.917 bits per heavy atom. The van der Waals surface area contributed by atoms with Crippen LogP contribution in [0, 0.1) is 5.41 Å². The summed E-state index contributed by atoms with van der Waals surface area (Å²) in [5.74, 6) is -1.76. The second kappa shape index (κ2) is 9.04. The molecule has 0 amide bonds. The molecular formula is C18H30O6. The van der Waals surface area contributed by atoms with Crippen LogP contribution in [0.5, 0.6) is 0 Å². The summed E-state index contributed by atoms with van der Waals surface area (Å²) in [6.45, 7) is 6.41. The number of ether oxygens (including phenoxy) is 3. The minimum absolute atomic E-state index is 0.417. The molecular weight excluding hydrogens is 312 g/mol. The SMILES string of the molecule is CCC1(OC(=O)COC(=O)COC(=O)C(C)(C)CC)CCCCC1. The van der Waals surface area contributed by atoms with Crippen molar-refractivity contribution in [2.75, 3.05) is 13.2 Å². The molecule has 0 atom stereocenters. The van der Waals surface area contributed by atoms with E-state index < -0.39 is 42.1 Å². The van der Waals surface area contributed by atoms with Crippen molar-refractivity contribution in [1.29, 1.82) is 0 Å². The zero-order valence-electron chi connectivity index (χ0n) is 15.3. The van der Waals surface area contributed by atoms with Crippen molar-refractivity contribution in [1.82, 2.24) is 0 Å². The fourth-order valence-electron chi connectivity index (χ4n) is 2.64. The summed E-state index contributed by atoms with van der Waals surface area (Å²) >= 11 is 0. The van der Waals surface area contributed by atoms with Crippen molar-refractivity contribution >= 4 is 17.9 Å². The van der Waals surface area contributed by atoms with Crippen molar-refractivity contribution in [3.8, 4) is 0 Å². The Bertz CT molecular complexity index is 448. The van der Waals surface area contributed by atoms with Gasteiger partial charge in [0.2, 0.25) is 0 Å². The normalized spacial score (nSPS) is 17.0. The number of hydrogen-bond acceptors (Lipinski definition) is 6. The fourth-order valence-corrected chi connectivity index (χ4v) is 2.64. The van der Waals surface area contributed by atoms with E-state index in [0.29, 0.717) is 6.42 Å². The highest BCUT2D eigenvalue weighted by molar-refractivity contribution is 5.81. The van der Waals surface area contributed by atoms with E-state index in [1.54, 1.807) is 13.8 Å². The molecule has 138 valence electrons. The van der Waals surface area contributed by atoms with Crippen LogP contribution in [0.4, 0.5) is 0 Å². The van der Waals surface area contributed by atoms with E-state index in [2.05, 4.69) is 0 Å². The number of esters is 3. The Kier molecular flexibility index (Phi) is 7.70. The molecule has 0 N–H and O–H groups in total. The van der Waals surface area contributed by atoms with E-state index in [9.17, 15) is 14.4 Å². The third-order valence-electron chi connectivity index (χ3n) is 4.85. The highest BCUT2D eigenvalue weighted by Gasteiger charge is 2.34. The van der Waals surface area contributed by atoms with Crippen LogP contribution in [0.3, 0.4) is 0 Å². The maximum absolute atomic E-state index is 11.9. The molecule has 0 bridgehead atoms. The molecule has 0 unspecified atom stereocenters. The quantitative estimate of drug-likeness (QED) is 0.498. The molecule has 6 heteroatoms. The van der Waals surface area contributed by atoms with E-state index in [-0.39, 0.29) is 0 Å². The second-order valence-corrected chi connectivity index (χ2v) is 7.05. The van der Waals surface area contributed by atoms with Gasteiger partial charge in [-0.2, -0.15) is 0 Å². The maximum Gasteiger partial charge on any atom is 0.344 e. The minimum Gasteiger partial charge on any atom is -0.457 e. The van der Waals surface area contributed by atoms with Crippen LogP contribution in [0.1, 0.15) is 72.6 Å². The lowest BCUT2D eigenvalue weighted by atomic mass is 9.83. The van der Waals surface area contributed by atoms with Crippen molar-refractivity contribution < 1.29 is 28.6 Å². The average molecular weight is 342 g/mol. The molecule has 6 nitrogen and oxygen atoms in total. The van der Waals surface area contributed by atoms with E-state index in [1.165, 1.54) is 0 Å². The molecule has 0 spiro atoms. The van der Waals surface area contributed by atoms with Gasteiger partial charge in [0.1, 0.15) is 5.60 Å². The fraction of sp³-hybridized carbons (Fsp3) is 0.833. The van der Waals surface area contributed by atoms with Gasteiger partial charge in [-0.05, 0) is 52.4 Å². The van der Waals surface area contributed by atoms with Crippen LogP contribution in [0.2, 0.25) is 0 Å². The summed E-state index contributed by atoms with van der Waals surface area (Å²) < 4.78 is 15.3. The first-order chi connectivity index (χ1) is 11.2. The summed E-state index contributed by atoms with van der Waals surface area (Å²) in [5.41, 5.74) is -1.06. The highest BCUT2D eigenvalue weighted by atomic mass is 16.6. The molecule has 24 heavy (non-hydrogen) atoms. The predicted molar refractivity (Wildman–Crippen MR) is 88.2 cm³/mol. The van der Waals surface area contributed by atoms with Crippen molar-refractivity contribution in [2.45, 2.75) is 78.2 Å². The Labute approximate surface area is 144 Å². The van der Waals surface area contributed by atoms with Gasteiger partial charge in [0.05, 0.1) is 5.41 Å². The first-order valence-electron chi connectivity index (χ1n) is 8.79. The summed E-state index contributed by atoms with van der Waals surface area (Å²) in [4.78, 5) is 35.3. The van der Waals surface area contributed by atoms with E-state index in [4.69, 9.17) is 14.2 Å². The molecule has 0 aromatic carbocycles. The van der Waals surface area contributed by atoms with Crippen LogP contribution in [0.25, 0.3) is 0 Å². The van der Waals surface area contributed by atoms with E-state index in [1.807, 2.05) is 13.8 Å². The largest absolute Gasteiger partial charge is 0.457 e. The highest BCUT2D eigenvalue weighted by Crippen LogP contribution is 2.34.